The van der Waals surface area contributed by atoms with Gasteiger partial charge in [-0.3, -0.25) is 0 Å². The lowest BCUT2D eigenvalue weighted by Gasteiger charge is -2.22. The second kappa shape index (κ2) is 16.1. The maximum Gasteiger partial charge on any atom is 0.0773 e. The molecule has 3 N–H and O–H groups in total. The first-order valence-corrected chi connectivity index (χ1v) is 10.1. The summed E-state index contributed by atoms with van der Waals surface area (Å²) in [4.78, 5) is 0. The Morgan fingerprint density at radius 2 is 1.54 bits per heavy atom. The average Bonchev–Trinajstić information content (AvgIpc) is 2.56. The third-order valence-corrected chi connectivity index (χ3v) is 4.89. The summed E-state index contributed by atoms with van der Waals surface area (Å²) in [5.74, 6) is 1.07. The topological polar surface area (TPSA) is 60.7 Å². The van der Waals surface area contributed by atoms with Crippen molar-refractivity contribution >= 4 is 0 Å². The highest BCUT2D eigenvalue weighted by molar-refractivity contribution is 4.84. The van der Waals surface area contributed by atoms with Crippen LogP contribution in [0.4, 0.5) is 0 Å². The van der Waals surface area contributed by atoms with E-state index in [-0.39, 0.29) is 12.7 Å². The molecule has 0 aliphatic carbocycles. The van der Waals surface area contributed by atoms with Gasteiger partial charge in [-0.15, -0.1) is 0 Å². The van der Waals surface area contributed by atoms with Gasteiger partial charge in [0, 0.05) is 0 Å². The van der Waals surface area contributed by atoms with Gasteiger partial charge in [0.05, 0.1) is 18.8 Å². The fourth-order valence-corrected chi connectivity index (χ4v) is 3.10. The van der Waals surface area contributed by atoms with Gasteiger partial charge in [-0.05, 0) is 43.9 Å². The molecule has 0 amide bonds. The van der Waals surface area contributed by atoms with Crippen LogP contribution in [-0.2, 0) is 0 Å². The standard InChI is InChI=1S/C21H42O3/c1-4-5-14-20(23)15-12-10-8-6-7-9-11-13-19(18(2)3)16-21(24)17-22/h10,12,18-24H,4-9,11,13-17H2,1-3H3/t19?,20-,21?/m1/s1. The fourth-order valence-electron chi connectivity index (χ4n) is 3.10. The maximum atomic E-state index is 9.75. The minimum absolute atomic E-state index is 0.122. The Hall–Kier alpha value is -0.380. The van der Waals surface area contributed by atoms with Crippen molar-refractivity contribution in [2.45, 2.75) is 104 Å². The summed E-state index contributed by atoms with van der Waals surface area (Å²) in [6.45, 7) is 6.44. The number of hydrogen-bond donors (Lipinski definition) is 3. The zero-order valence-corrected chi connectivity index (χ0v) is 16.3. The van der Waals surface area contributed by atoms with E-state index in [4.69, 9.17) is 5.11 Å². The van der Waals surface area contributed by atoms with Crippen LogP contribution in [0.2, 0.25) is 0 Å². The van der Waals surface area contributed by atoms with Gasteiger partial charge in [0.15, 0.2) is 0 Å². The Morgan fingerprint density at radius 3 is 2.17 bits per heavy atom. The molecule has 144 valence electrons. The SMILES string of the molecule is CCCC[C@@H](O)CC=CCCCCCCC(CC(O)CO)C(C)C. The molecule has 3 nitrogen and oxygen atoms in total. The number of unbranched alkanes of at least 4 members (excludes halogenated alkanes) is 5. The van der Waals surface area contributed by atoms with E-state index in [0.29, 0.717) is 11.8 Å². The number of allylic oxidation sites excluding steroid dienone is 1. The molecule has 0 saturated carbocycles. The van der Waals surface area contributed by atoms with Crippen LogP contribution in [0.15, 0.2) is 12.2 Å². The smallest absolute Gasteiger partial charge is 0.0773 e. The molecule has 0 aromatic carbocycles. The Labute approximate surface area is 150 Å². The summed E-state index contributed by atoms with van der Waals surface area (Å²) in [5, 5.41) is 28.3. The lowest BCUT2D eigenvalue weighted by molar-refractivity contribution is 0.0647. The van der Waals surface area contributed by atoms with Crippen molar-refractivity contribution < 1.29 is 15.3 Å². The predicted octanol–water partition coefficient (Wildman–Crippen LogP) is 4.84. The quantitative estimate of drug-likeness (QED) is 0.278. The second-order valence-corrected chi connectivity index (χ2v) is 7.57. The van der Waals surface area contributed by atoms with E-state index >= 15 is 0 Å². The zero-order chi connectivity index (χ0) is 18.2. The van der Waals surface area contributed by atoms with Gasteiger partial charge >= 0.3 is 0 Å². The molecule has 0 aromatic heterocycles. The lowest BCUT2D eigenvalue weighted by atomic mass is 9.85. The second-order valence-electron chi connectivity index (χ2n) is 7.57. The molecule has 0 radical (unpaired) electrons. The Kier molecular flexibility index (Phi) is 15.9. The van der Waals surface area contributed by atoms with Gasteiger partial charge in [0.25, 0.3) is 0 Å². The minimum Gasteiger partial charge on any atom is -0.394 e. The average molecular weight is 343 g/mol. The first-order valence-electron chi connectivity index (χ1n) is 10.1. The van der Waals surface area contributed by atoms with Gasteiger partial charge in [0.1, 0.15) is 0 Å². The van der Waals surface area contributed by atoms with Crippen molar-refractivity contribution in [3.05, 3.63) is 12.2 Å². The van der Waals surface area contributed by atoms with Gasteiger partial charge in [0.2, 0.25) is 0 Å². The normalized spacial score (nSPS) is 16.0. The molecule has 0 aliphatic heterocycles. The monoisotopic (exact) mass is 342 g/mol. The van der Waals surface area contributed by atoms with E-state index < -0.39 is 6.10 Å². The first kappa shape index (κ1) is 23.6. The summed E-state index contributed by atoms with van der Waals surface area (Å²) in [6, 6.07) is 0. The number of aliphatic hydroxyl groups is 3. The van der Waals surface area contributed by atoms with Crippen molar-refractivity contribution in [3.8, 4) is 0 Å². The fraction of sp³-hybridized carbons (Fsp3) is 0.905. The highest BCUT2D eigenvalue weighted by Crippen LogP contribution is 2.24. The predicted molar refractivity (Wildman–Crippen MR) is 103 cm³/mol. The van der Waals surface area contributed by atoms with Crippen LogP contribution in [0.25, 0.3) is 0 Å². The van der Waals surface area contributed by atoms with Crippen LogP contribution in [-0.4, -0.2) is 34.1 Å². The summed E-state index contributed by atoms with van der Waals surface area (Å²) < 4.78 is 0. The van der Waals surface area contributed by atoms with Gasteiger partial charge in [-0.2, -0.15) is 0 Å². The summed E-state index contributed by atoms with van der Waals surface area (Å²) in [5.41, 5.74) is 0. The third kappa shape index (κ3) is 14.0. The van der Waals surface area contributed by atoms with Crippen molar-refractivity contribution in [2.24, 2.45) is 11.8 Å². The molecule has 0 heterocycles. The number of rotatable bonds is 16. The van der Waals surface area contributed by atoms with Crippen molar-refractivity contribution in [1.82, 2.24) is 0 Å². The van der Waals surface area contributed by atoms with Crippen molar-refractivity contribution in [2.75, 3.05) is 6.61 Å². The lowest BCUT2D eigenvalue weighted by Crippen LogP contribution is -2.20. The van der Waals surface area contributed by atoms with E-state index in [9.17, 15) is 10.2 Å². The van der Waals surface area contributed by atoms with E-state index in [1.807, 2.05) is 0 Å². The largest absolute Gasteiger partial charge is 0.394 e. The molecular weight excluding hydrogens is 300 g/mol. The van der Waals surface area contributed by atoms with E-state index in [1.165, 1.54) is 25.7 Å². The van der Waals surface area contributed by atoms with Gasteiger partial charge in [-0.1, -0.05) is 71.4 Å². The van der Waals surface area contributed by atoms with E-state index in [2.05, 4.69) is 32.9 Å². The molecule has 0 saturated heterocycles. The molecule has 3 atom stereocenters. The molecule has 3 heteroatoms. The minimum atomic E-state index is -0.560. The molecule has 0 aliphatic rings. The van der Waals surface area contributed by atoms with Gasteiger partial charge < -0.3 is 15.3 Å². The van der Waals surface area contributed by atoms with Crippen LogP contribution in [0, 0.1) is 11.8 Å². The van der Waals surface area contributed by atoms with Crippen LogP contribution >= 0.6 is 0 Å². The third-order valence-electron chi connectivity index (χ3n) is 4.89. The first-order chi connectivity index (χ1) is 11.5. The van der Waals surface area contributed by atoms with Gasteiger partial charge in [-0.25, -0.2) is 0 Å². The van der Waals surface area contributed by atoms with E-state index in [1.54, 1.807) is 0 Å². The molecule has 0 rings (SSSR count). The van der Waals surface area contributed by atoms with Crippen LogP contribution in [0.3, 0.4) is 0 Å². The van der Waals surface area contributed by atoms with Crippen LogP contribution in [0.1, 0.15) is 91.4 Å². The Morgan fingerprint density at radius 1 is 0.833 bits per heavy atom. The summed E-state index contributed by atoms with van der Waals surface area (Å²) in [6.07, 6.45) is 15.5. The molecule has 0 spiro atoms. The summed E-state index contributed by atoms with van der Waals surface area (Å²) in [7, 11) is 0. The molecule has 0 bridgehead atoms. The highest BCUT2D eigenvalue weighted by Gasteiger charge is 2.17. The molecule has 2 unspecified atom stereocenters. The summed E-state index contributed by atoms with van der Waals surface area (Å²) >= 11 is 0. The number of aliphatic hydroxyl groups excluding tert-OH is 3. The molecular formula is C21H42O3. The molecule has 0 fully saturated rings. The zero-order valence-electron chi connectivity index (χ0n) is 16.3. The highest BCUT2D eigenvalue weighted by atomic mass is 16.3. The molecule has 0 aromatic rings. The Bertz CT molecular complexity index is 289. The van der Waals surface area contributed by atoms with Crippen molar-refractivity contribution in [3.63, 3.8) is 0 Å². The Balaban J connectivity index is 3.61. The van der Waals surface area contributed by atoms with E-state index in [0.717, 1.165) is 44.9 Å². The molecule has 24 heavy (non-hydrogen) atoms. The van der Waals surface area contributed by atoms with Crippen LogP contribution in [0.5, 0.6) is 0 Å². The van der Waals surface area contributed by atoms with Crippen molar-refractivity contribution in [1.29, 1.82) is 0 Å². The maximum absolute atomic E-state index is 9.75. The number of hydrogen-bond acceptors (Lipinski definition) is 3. The van der Waals surface area contributed by atoms with Crippen LogP contribution < -0.4 is 0 Å².